The first-order chi connectivity index (χ1) is 10.7. The number of primary sulfonamides is 1. The number of carbonyl (C=O) groups excluding carboxylic acids is 2. The number of esters is 1. The molecule has 1 aromatic carbocycles. The highest BCUT2D eigenvalue weighted by molar-refractivity contribution is 9.10. The number of benzene rings is 1. The van der Waals surface area contributed by atoms with Gasteiger partial charge in [0.2, 0.25) is 10.0 Å². The molecule has 0 unspecified atom stereocenters. The predicted octanol–water partition coefficient (Wildman–Crippen LogP) is 1.26. The zero-order valence-electron chi connectivity index (χ0n) is 12.5. The van der Waals surface area contributed by atoms with Crippen molar-refractivity contribution in [2.24, 2.45) is 5.14 Å². The van der Waals surface area contributed by atoms with Crippen LogP contribution in [0.15, 0.2) is 27.6 Å². The van der Waals surface area contributed by atoms with Crippen LogP contribution >= 0.6 is 15.9 Å². The van der Waals surface area contributed by atoms with Gasteiger partial charge in [-0.3, -0.25) is 4.79 Å². The smallest absolute Gasteiger partial charge is 0.340 e. The fourth-order valence-electron chi connectivity index (χ4n) is 2.31. The molecule has 1 heterocycles. The first-order valence-corrected chi connectivity index (χ1v) is 9.36. The lowest BCUT2D eigenvalue weighted by molar-refractivity contribution is -0.138. The Kier molecular flexibility index (Phi) is 5.43. The van der Waals surface area contributed by atoms with Gasteiger partial charge in [-0.15, -0.1) is 0 Å². The van der Waals surface area contributed by atoms with E-state index in [4.69, 9.17) is 9.88 Å². The van der Waals surface area contributed by atoms with Gasteiger partial charge < -0.3 is 9.64 Å². The number of nitrogens with two attached hydrogens (primary N) is 1. The number of likely N-dealkylation sites (tertiary alicyclic amines) is 1. The highest BCUT2D eigenvalue weighted by Crippen LogP contribution is 2.22. The zero-order chi connectivity index (χ0) is 17.2. The lowest BCUT2D eigenvalue weighted by atomic mass is 10.2. The number of nitrogens with zero attached hydrogens (tertiary/aromatic N) is 1. The summed E-state index contributed by atoms with van der Waals surface area (Å²) in [7, 11) is -3.94. The fourth-order valence-corrected chi connectivity index (χ4v) is 3.26. The molecule has 1 fully saturated rings. The second kappa shape index (κ2) is 6.98. The van der Waals surface area contributed by atoms with Gasteiger partial charge in [-0.1, -0.05) is 0 Å². The normalized spacial score (nSPS) is 16.2. The quantitative estimate of drug-likeness (QED) is 0.760. The molecular formula is C14H17BrN2O5S. The van der Waals surface area contributed by atoms with Crippen LogP contribution in [0, 0.1) is 0 Å². The van der Waals surface area contributed by atoms with E-state index in [0.29, 0.717) is 17.6 Å². The van der Waals surface area contributed by atoms with Gasteiger partial charge in [0.1, 0.15) is 0 Å². The SMILES string of the molecule is C[C@@H](OC(=O)c1cc(S(N)(=O)=O)ccc1Br)C(=O)N1CCCC1. The van der Waals surface area contributed by atoms with E-state index in [1.165, 1.54) is 19.1 Å². The molecule has 1 atom stereocenters. The van der Waals surface area contributed by atoms with Crippen molar-refractivity contribution in [1.29, 1.82) is 0 Å². The van der Waals surface area contributed by atoms with E-state index in [1.54, 1.807) is 4.90 Å². The van der Waals surface area contributed by atoms with Crippen molar-refractivity contribution in [2.45, 2.75) is 30.8 Å². The molecule has 126 valence electrons. The van der Waals surface area contributed by atoms with Crippen LogP contribution in [0.1, 0.15) is 30.1 Å². The Bertz CT molecular complexity index is 729. The highest BCUT2D eigenvalue weighted by atomic mass is 79.9. The van der Waals surface area contributed by atoms with Gasteiger partial charge in [0.05, 0.1) is 10.5 Å². The molecule has 1 amide bonds. The Hall–Kier alpha value is -1.45. The molecule has 1 aliphatic rings. The number of ether oxygens (including phenoxy) is 1. The minimum atomic E-state index is -3.94. The number of hydrogen-bond donors (Lipinski definition) is 1. The summed E-state index contributed by atoms with van der Waals surface area (Å²) < 4.78 is 28.3. The van der Waals surface area contributed by atoms with Crippen LogP contribution in [-0.4, -0.2) is 44.4 Å². The average Bonchev–Trinajstić information content (AvgIpc) is 2.99. The Balaban J connectivity index is 2.15. The van der Waals surface area contributed by atoms with E-state index < -0.39 is 22.1 Å². The molecule has 7 nitrogen and oxygen atoms in total. The average molecular weight is 405 g/mol. The molecule has 0 bridgehead atoms. The van der Waals surface area contributed by atoms with Gasteiger partial charge in [-0.25, -0.2) is 18.4 Å². The molecule has 9 heteroatoms. The van der Waals surface area contributed by atoms with Crippen molar-refractivity contribution in [3.05, 3.63) is 28.2 Å². The van der Waals surface area contributed by atoms with Crippen LogP contribution < -0.4 is 5.14 Å². The molecule has 1 aliphatic heterocycles. The first kappa shape index (κ1) is 17.9. The highest BCUT2D eigenvalue weighted by Gasteiger charge is 2.27. The molecule has 2 rings (SSSR count). The number of amides is 1. The Labute approximate surface area is 143 Å². The minimum absolute atomic E-state index is 0.00223. The van der Waals surface area contributed by atoms with Gasteiger partial charge in [0, 0.05) is 17.6 Å². The van der Waals surface area contributed by atoms with E-state index >= 15 is 0 Å². The van der Waals surface area contributed by atoms with E-state index in [-0.39, 0.29) is 16.4 Å². The van der Waals surface area contributed by atoms with Crippen molar-refractivity contribution in [1.82, 2.24) is 4.90 Å². The monoisotopic (exact) mass is 404 g/mol. The van der Waals surface area contributed by atoms with Crippen LogP contribution in [-0.2, 0) is 19.6 Å². The van der Waals surface area contributed by atoms with Crippen molar-refractivity contribution < 1.29 is 22.7 Å². The number of rotatable bonds is 4. The molecule has 1 saturated heterocycles. The van der Waals surface area contributed by atoms with Crippen molar-refractivity contribution >= 4 is 37.8 Å². The summed E-state index contributed by atoms with van der Waals surface area (Å²) in [5.74, 6) is -1.04. The van der Waals surface area contributed by atoms with Crippen LogP contribution in [0.2, 0.25) is 0 Å². The summed E-state index contributed by atoms with van der Waals surface area (Å²) in [5.41, 5.74) is -0.00223. The molecule has 0 radical (unpaired) electrons. The summed E-state index contributed by atoms with van der Waals surface area (Å²) in [4.78, 5) is 25.8. The molecular weight excluding hydrogens is 388 g/mol. The maximum Gasteiger partial charge on any atom is 0.340 e. The minimum Gasteiger partial charge on any atom is -0.449 e. The van der Waals surface area contributed by atoms with Crippen LogP contribution in [0.3, 0.4) is 0 Å². The molecule has 0 aromatic heterocycles. The second-order valence-electron chi connectivity index (χ2n) is 5.27. The maximum absolute atomic E-state index is 12.2. The molecule has 0 spiro atoms. The van der Waals surface area contributed by atoms with Crippen LogP contribution in [0.5, 0.6) is 0 Å². The molecule has 0 saturated carbocycles. The summed E-state index contributed by atoms with van der Waals surface area (Å²) >= 11 is 3.16. The summed E-state index contributed by atoms with van der Waals surface area (Å²) in [6.45, 7) is 2.81. The van der Waals surface area contributed by atoms with Crippen molar-refractivity contribution in [3.8, 4) is 0 Å². The summed E-state index contributed by atoms with van der Waals surface area (Å²) in [6.07, 6.45) is 0.938. The standard InChI is InChI=1S/C14H17BrN2O5S/c1-9(13(18)17-6-2-3-7-17)22-14(19)11-8-10(23(16,20)21)4-5-12(11)15/h4-5,8-9H,2-3,6-7H2,1H3,(H2,16,20,21)/t9-/m1/s1. The van der Waals surface area contributed by atoms with E-state index in [2.05, 4.69) is 15.9 Å². The van der Waals surface area contributed by atoms with Crippen LogP contribution in [0.4, 0.5) is 0 Å². The third-order valence-corrected chi connectivity index (χ3v) is 5.14. The van der Waals surface area contributed by atoms with Crippen molar-refractivity contribution in [3.63, 3.8) is 0 Å². The van der Waals surface area contributed by atoms with Gasteiger partial charge in [0.25, 0.3) is 5.91 Å². The third-order valence-electron chi connectivity index (χ3n) is 3.54. The largest absolute Gasteiger partial charge is 0.449 e. The fraction of sp³-hybridized carbons (Fsp3) is 0.429. The molecule has 0 aliphatic carbocycles. The Morgan fingerprint density at radius 2 is 1.91 bits per heavy atom. The van der Waals surface area contributed by atoms with E-state index in [0.717, 1.165) is 18.9 Å². The summed E-state index contributed by atoms with van der Waals surface area (Å²) in [6, 6.07) is 3.78. The lowest BCUT2D eigenvalue weighted by Gasteiger charge is -2.20. The Morgan fingerprint density at radius 1 is 1.30 bits per heavy atom. The van der Waals surface area contributed by atoms with Crippen molar-refractivity contribution in [2.75, 3.05) is 13.1 Å². The van der Waals surface area contributed by atoms with Gasteiger partial charge in [-0.05, 0) is 53.9 Å². The topological polar surface area (TPSA) is 107 Å². The van der Waals surface area contributed by atoms with Crippen LogP contribution in [0.25, 0.3) is 0 Å². The maximum atomic E-state index is 12.2. The second-order valence-corrected chi connectivity index (χ2v) is 7.68. The number of sulfonamides is 1. The third kappa shape index (κ3) is 4.30. The lowest BCUT2D eigenvalue weighted by Crippen LogP contribution is -2.38. The number of halogens is 1. The zero-order valence-corrected chi connectivity index (χ0v) is 14.9. The van der Waals surface area contributed by atoms with E-state index in [1.807, 2.05) is 0 Å². The predicted molar refractivity (Wildman–Crippen MR) is 86.2 cm³/mol. The van der Waals surface area contributed by atoms with Gasteiger partial charge in [-0.2, -0.15) is 0 Å². The van der Waals surface area contributed by atoms with E-state index in [9.17, 15) is 18.0 Å². The summed E-state index contributed by atoms with van der Waals surface area (Å²) in [5, 5.41) is 5.05. The first-order valence-electron chi connectivity index (χ1n) is 7.02. The Morgan fingerprint density at radius 3 is 2.48 bits per heavy atom. The van der Waals surface area contributed by atoms with Gasteiger partial charge >= 0.3 is 5.97 Å². The van der Waals surface area contributed by atoms with Gasteiger partial charge in [0.15, 0.2) is 6.10 Å². The molecule has 2 N–H and O–H groups in total. The number of carbonyl (C=O) groups is 2. The number of hydrogen-bond acceptors (Lipinski definition) is 5. The molecule has 23 heavy (non-hydrogen) atoms. The molecule has 1 aromatic rings.